The van der Waals surface area contributed by atoms with Gasteiger partial charge in [-0.1, -0.05) is 0 Å². The summed E-state index contributed by atoms with van der Waals surface area (Å²) in [4.78, 5) is 0. The highest BCUT2D eigenvalue weighted by molar-refractivity contribution is 4.97. The van der Waals surface area contributed by atoms with Crippen LogP contribution >= 0.6 is 0 Å². The summed E-state index contributed by atoms with van der Waals surface area (Å²) in [5.41, 5.74) is 0. The summed E-state index contributed by atoms with van der Waals surface area (Å²) in [5, 5.41) is 10.4. The van der Waals surface area contributed by atoms with Gasteiger partial charge in [0.15, 0.2) is 17.9 Å². The second-order valence-electron chi connectivity index (χ2n) is 5.93. The predicted octanol–water partition coefficient (Wildman–Crippen LogP) is 0.375. The van der Waals surface area contributed by atoms with Gasteiger partial charge in [-0.2, -0.15) is 0 Å². The predicted molar refractivity (Wildman–Crippen MR) is 59.6 cm³/mol. The molecule has 3 aliphatic rings. The lowest BCUT2D eigenvalue weighted by Crippen LogP contribution is -2.63. The zero-order valence-electron chi connectivity index (χ0n) is 11.1. The molecule has 3 saturated heterocycles. The Morgan fingerprint density at radius 1 is 0.944 bits per heavy atom. The number of aliphatic hydroxyl groups excluding tert-OH is 1. The van der Waals surface area contributed by atoms with Crippen LogP contribution in [-0.2, 0) is 23.7 Å². The van der Waals surface area contributed by atoms with Crippen molar-refractivity contribution in [2.24, 2.45) is 0 Å². The van der Waals surface area contributed by atoms with Gasteiger partial charge in [-0.15, -0.1) is 0 Å². The highest BCUT2D eigenvalue weighted by Gasteiger charge is 2.57. The van der Waals surface area contributed by atoms with Crippen LogP contribution < -0.4 is 0 Å². The van der Waals surface area contributed by atoms with Crippen LogP contribution in [0.1, 0.15) is 27.7 Å². The summed E-state index contributed by atoms with van der Waals surface area (Å²) in [6, 6.07) is 0. The zero-order chi connectivity index (χ0) is 13.1. The molecule has 3 rings (SSSR count). The molecule has 0 amide bonds. The number of fused-ring (bicyclic) bond motifs is 2. The van der Waals surface area contributed by atoms with Crippen molar-refractivity contribution in [2.45, 2.75) is 70.0 Å². The first-order valence-corrected chi connectivity index (χ1v) is 6.28. The topological polar surface area (TPSA) is 66.4 Å². The molecule has 3 heterocycles. The van der Waals surface area contributed by atoms with E-state index in [1.165, 1.54) is 0 Å². The minimum absolute atomic E-state index is 0.327. The lowest BCUT2D eigenvalue weighted by Gasteiger charge is -2.47. The molecular formula is C12H20O6. The maximum atomic E-state index is 10.4. The minimum Gasteiger partial charge on any atom is -0.387 e. The number of hydrogen-bond donors (Lipinski definition) is 1. The highest BCUT2D eigenvalue weighted by Crippen LogP contribution is 2.40. The molecule has 5 atom stereocenters. The Balaban J connectivity index is 1.80. The van der Waals surface area contributed by atoms with Crippen molar-refractivity contribution >= 4 is 0 Å². The van der Waals surface area contributed by atoms with Crippen molar-refractivity contribution in [1.29, 1.82) is 0 Å². The third kappa shape index (κ3) is 2.07. The van der Waals surface area contributed by atoms with Crippen molar-refractivity contribution in [3.05, 3.63) is 0 Å². The first-order valence-electron chi connectivity index (χ1n) is 6.28. The Hall–Kier alpha value is -0.240. The Morgan fingerprint density at radius 2 is 1.61 bits per heavy atom. The van der Waals surface area contributed by atoms with Crippen LogP contribution in [0.4, 0.5) is 0 Å². The van der Waals surface area contributed by atoms with Crippen molar-refractivity contribution < 1.29 is 28.8 Å². The fourth-order valence-corrected chi connectivity index (χ4v) is 2.67. The van der Waals surface area contributed by atoms with Gasteiger partial charge < -0.3 is 28.8 Å². The Bertz CT molecular complexity index is 339. The van der Waals surface area contributed by atoms with Gasteiger partial charge in [-0.05, 0) is 27.7 Å². The quantitative estimate of drug-likeness (QED) is 0.679. The van der Waals surface area contributed by atoms with Gasteiger partial charge in [0.05, 0.1) is 6.61 Å². The molecule has 0 aromatic heterocycles. The van der Waals surface area contributed by atoms with Gasteiger partial charge in [0.2, 0.25) is 0 Å². The molecule has 6 heteroatoms. The molecule has 0 bridgehead atoms. The Kier molecular flexibility index (Phi) is 2.75. The van der Waals surface area contributed by atoms with Crippen LogP contribution in [-0.4, -0.2) is 54.0 Å². The normalized spacial score (nSPS) is 49.5. The zero-order valence-corrected chi connectivity index (χ0v) is 11.1. The summed E-state index contributed by atoms with van der Waals surface area (Å²) in [6.07, 6.45) is -2.64. The average Bonchev–Trinajstić information content (AvgIpc) is 2.54. The Labute approximate surface area is 106 Å². The van der Waals surface area contributed by atoms with Crippen LogP contribution in [0.2, 0.25) is 0 Å². The lowest BCUT2D eigenvalue weighted by molar-refractivity contribution is -0.365. The van der Waals surface area contributed by atoms with Gasteiger partial charge in [0, 0.05) is 0 Å². The largest absolute Gasteiger partial charge is 0.387 e. The summed E-state index contributed by atoms with van der Waals surface area (Å²) < 4.78 is 28.3. The number of hydrogen-bond acceptors (Lipinski definition) is 6. The lowest BCUT2D eigenvalue weighted by atomic mass is 9.97. The van der Waals surface area contributed by atoms with Crippen LogP contribution in [0.25, 0.3) is 0 Å². The van der Waals surface area contributed by atoms with E-state index in [2.05, 4.69) is 0 Å². The van der Waals surface area contributed by atoms with E-state index in [0.717, 1.165) is 0 Å². The molecule has 0 aromatic rings. The molecule has 0 spiro atoms. The molecular weight excluding hydrogens is 240 g/mol. The monoisotopic (exact) mass is 260 g/mol. The van der Waals surface area contributed by atoms with E-state index in [-0.39, 0.29) is 6.10 Å². The Morgan fingerprint density at radius 3 is 2.33 bits per heavy atom. The maximum Gasteiger partial charge on any atom is 0.190 e. The summed E-state index contributed by atoms with van der Waals surface area (Å²) in [5.74, 6) is -1.46. The SMILES string of the molecule is CC1(C)O[C@H]2O[C@@H]3COC(C)(C)O[C@H]3[C@H](O)[C@H]2O1. The summed E-state index contributed by atoms with van der Waals surface area (Å²) in [7, 11) is 0. The van der Waals surface area contributed by atoms with Crippen molar-refractivity contribution in [3.8, 4) is 0 Å². The minimum atomic E-state index is -0.779. The standard InChI is InChI=1S/C12H20O6/c1-11(2)14-5-6-8(16-11)7(13)9-10(15-6)18-12(3,4)17-9/h6-10,13H,5H2,1-4H3/t6-,7+,8-,9-,10-/m1/s1. The van der Waals surface area contributed by atoms with E-state index in [9.17, 15) is 5.11 Å². The highest BCUT2D eigenvalue weighted by atomic mass is 16.8. The van der Waals surface area contributed by atoms with Crippen molar-refractivity contribution in [2.75, 3.05) is 6.61 Å². The van der Waals surface area contributed by atoms with Crippen molar-refractivity contribution in [3.63, 3.8) is 0 Å². The third-order valence-electron chi connectivity index (χ3n) is 3.45. The molecule has 104 valence electrons. The molecule has 0 aromatic carbocycles. The van der Waals surface area contributed by atoms with E-state index in [1.807, 2.05) is 13.8 Å². The molecule has 3 aliphatic heterocycles. The van der Waals surface area contributed by atoms with Crippen LogP contribution in [0.3, 0.4) is 0 Å². The number of rotatable bonds is 0. The fraction of sp³-hybridized carbons (Fsp3) is 1.00. The molecule has 0 radical (unpaired) electrons. The van der Waals surface area contributed by atoms with E-state index in [0.29, 0.717) is 6.61 Å². The van der Waals surface area contributed by atoms with Crippen LogP contribution in [0.5, 0.6) is 0 Å². The molecule has 0 saturated carbocycles. The van der Waals surface area contributed by atoms with E-state index < -0.39 is 36.2 Å². The van der Waals surface area contributed by atoms with Crippen LogP contribution in [0, 0.1) is 0 Å². The summed E-state index contributed by atoms with van der Waals surface area (Å²) in [6.45, 7) is 7.61. The molecule has 3 fully saturated rings. The first-order chi connectivity index (χ1) is 8.27. The molecule has 18 heavy (non-hydrogen) atoms. The van der Waals surface area contributed by atoms with E-state index in [4.69, 9.17) is 23.7 Å². The molecule has 6 nitrogen and oxygen atoms in total. The van der Waals surface area contributed by atoms with E-state index in [1.54, 1.807) is 13.8 Å². The van der Waals surface area contributed by atoms with Gasteiger partial charge in [0.1, 0.15) is 24.4 Å². The smallest absolute Gasteiger partial charge is 0.190 e. The number of aliphatic hydroxyl groups is 1. The fourth-order valence-electron chi connectivity index (χ4n) is 2.67. The second-order valence-corrected chi connectivity index (χ2v) is 5.93. The van der Waals surface area contributed by atoms with Gasteiger partial charge in [-0.3, -0.25) is 0 Å². The second kappa shape index (κ2) is 3.88. The molecule has 0 aliphatic carbocycles. The van der Waals surface area contributed by atoms with Crippen LogP contribution in [0.15, 0.2) is 0 Å². The molecule has 0 unspecified atom stereocenters. The molecule has 1 N–H and O–H groups in total. The van der Waals surface area contributed by atoms with Gasteiger partial charge in [0.25, 0.3) is 0 Å². The first kappa shape index (κ1) is 12.8. The van der Waals surface area contributed by atoms with E-state index >= 15 is 0 Å². The van der Waals surface area contributed by atoms with Gasteiger partial charge >= 0.3 is 0 Å². The average molecular weight is 260 g/mol. The van der Waals surface area contributed by atoms with Crippen molar-refractivity contribution in [1.82, 2.24) is 0 Å². The summed E-state index contributed by atoms with van der Waals surface area (Å²) >= 11 is 0. The third-order valence-corrected chi connectivity index (χ3v) is 3.45. The number of ether oxygens (including phenoxy) is 5. The maximum absolute atomic E-state index is 10.4. The van der Waals surface area contributed by atoms with Gasteiger partial charge in [-0.25, -0.2) is 0 Å².